The van der Waals surface area contributed by atoms with E-state index in [4.69, 9.17) is 5.11 Å². The molecule has 1 rings (SSSR count). The number of carbonyl (C=O) groups excluding carboxylic acids is 2. The van der Waals surface area contributed by atoms with Crippen molar-refractivity contribution in [2.75, 3.05) is 19.3 Å². The van der Waals surface area contributed by atoms with Crippen LogP contribution in [0, 0.1) is 0 Å². The molecule has 2 unspecified atom stereocenters. The number of hydrogen-bond acceptors (Lipinski definition) is 5. The van der Waals surface area contributed by atoms with Crippen LogP contribution in [0.5, 0.6) is 0 Å². The van der Waals surface area contributed by atoms with Crippen LogP contribution < -0.4 is 5.32 Å². The zero-order valence-electron chi connectivity index (χ0n) is 10.6. The highest BCUT2D eigenvalue weighted by Gasteiger charge is 2.41. The number of carboxylic acid groups (broad SMARTS) is 1. The van der Waals surface area contributed by atoms with Crippen LogP contribution in [-0.2, 0) is 24.2 Å². The third-order valence-corrected chi connectivity index (χ3v) is 4.99. The van der Waals surface area contributed by atoms with E-state index in [-0.39, 0.29) is 6.42 Å². The Hall–Kier alpha value is -1.64. The van der Waals surface area contributed by atoms with E-state index in [1.165, 1.54) is 11.9 Å². The Kier molecular flexibility index (Phi) is 4.51. The van der Waals surface area contributed by atoms with E-state index in [1.807, 2.05) is 5.32 Å². The molecule has 8 nitrogen and oxygen atoms in total. The van der Waals surface area contributed by atoms with E-state index < -0.39 is 44.7 Å². The Balaban J connectivity index is 2.86. The Morgan fingerprint density at radius 3 is 2.47 bits per heavy atom. The molecule has 0 spiro atoms. The molecule has 0 aromatic carbocycles. The maximum absolute atomic E-state index is 12.0. The first-order valence-electron chi connectivity index (χ1n) is 5.61. The highest BCUT2D eigenvalue weighted by atomic mass is 32.2. The molecule has 9 heteroatoms. The van der Waals surface area contributed by atoms with E-state index in [1.54, 1.807) is 0 Å². The topological polar surface area (TPSA) is 121 Å². The van der Waals surface area contributed by atoms with Gasteiger partial charge >= 0.3 is 5.97 Å². The summed E-state index contributed by atoms with van der Waals surface area (Å²) in [6, 6.07) is -1.54. The maximum Gasteiger partial charge on any atom is 0.327 e. The van der Waals surface area contributed by atoms with Crippen LogP contribution in [0.2, 0.25) is 0 Å². The number of aliphatic carboxylic acids is 1. The highest BCUT2D eigenvalue weighted by Crippen LogP contribution is 2.18. The first-order valence-corrected chi connectivity index (χ1v) is 7.33. The van der Waals surface area contributed by atoms with Crippen LogP contribution in [0.1, 0.15) is 13.3 Å². The fourth-order valence-electron chi connectivity index (χ4n) is 1.89. The van der Waals surface area contributed by atoms with Crippen LogP contribution in [0.3, 0.4) is 0 Å². The van der Waals surface area contributed by atoms with Crippen LogP contribution in [0.25, 0.3) is 0 Å². The number of nitrogens with one attached hydrogen (secondary N) is 1. The van der Waals surface area contributed by atoms with Gasteiger partial charge in [0.25, 0.3) is 0 Å². The Morgan fingerprint density at radius 1 is 1.53 bits per heavy atom. The Labute approximate surface area is 110 Å². The number of carbonyl (C=O) groups is 3. The minimum Gasteiger partial charge on any atom is -0.480 e. The molecule has 0 bridgehead atoms. The fraction of sp³-hybridized carbons (Fsp3) is 0.700. The Morgan fingerprint density at radius 2 is 2.11 bits per heavy atom. The second kappa shape index (κ2) is 5.55. The van der Waals surface area contributed by atoms with Gasteiger partial charge in [0.1, 0.15) is 11.3 Å². The molecule has 1 aliphatic heterocycles. The van der Waals surface area contributed by atoms with Gasteiger partial charge < -0.3 is 15.3 Å². The summed E-state index contributed by atoms with van der Waals surface area (Å²) in [6.45, 7) is 1.41. The molecule has 1 heterocycles. The van der Waals surface area contributed by atoms with Crippen molar-refractivity contribution in [2.45, 2.75) is 24.6 Å². The molecule has 0 aromatic rings. The third-order valence-electron chi connectivity index (χ3n) is 2.89. The summed E-state index contributed by atoms with van der Waals surface area (Å²) in [5.74, 6) is -3.41. The van der Waals surface area contributed by atoms with Gasteiger partial charge in [-0.25, -0.2) is 13.2 Å². The maximum atomic E-state index is 12.0. The summed E-state index contributed by atoms with van der Waals surface area (Å²) in [5.41, 5.74) is 0. The number of likely N-dealkylation sites (tertiary alicyclic amines) is 1. The van der Waals surface area contributed by atoms with Crippen LogP contribution >= 0.6 is 0 Å². The molecule has 0 radical (unpaired) electrons. The monoisotopic (exact) mass is 292 g/mol. The highest BCUT2D eigenvalue weighted by molar-refractivity contribution is 7.92. The molecular weight excluding hydrogens is 276 g/mol. The van der Waals surface area contributed by atoms with Crippen molar-refractivity contribution < 1.29 is 27.9 Å². The van der Waals surface area contributed by atoms with Crippen molar-refractivity contribution in [3.8, 4) is 0 Å². The lowest BCUT2D eigenvalue weighted by atomic mass is 10.3. The zero-order chi connectivity index (χ0) is 14.8. The summed E-state index contributed by atoms with van der Waals surface area (Å²) in [6.07, 6.45) is 0.143. The van der Waals surface area contributed by atoms with Crippen molar-refractivity contribution in [3.63, 3.8) is 0 Å². The minimum atomic E-state index is -3.92. The minimum absolute atomic E-state index is 0.143. The second-order valence-electron chi connectivity index (χ2n) is 4.46. The average Bonchev–Trinajstić information content (AvgIpc) is 2.58. The summed E-state index contributed by atoms with van der Waals surface area (Å²) < 4.78 is 24.0. The predicted molar refractivity (Wildman–Crippen MR) is 65.1 cm³/mol. The molecule has 0 saturated carbocycles. The molecular formula is C10H16N2O6S. The molecule has 1 aliphatic rings. The molecule has 0 aromatic heterocycles. The van der Waals surface area contributed by atoms with Crippen LogP contribution in [0.15, 0.2) is 0 Å². The first kappa shape index (κ1) is 15.4. The lowest BCUT2D eigenvalue weighted by Crippen LogP contribution is -2.47. The van der Waals surface area contributed by atoms with Gasteiger partial charge in [0.05, 0.1) is 5.75 Å². The van der Waals surface area contributed by atoms with Gasteiger partial charge in [-0.05, 0) is 6.42 Å². The summed E-state index contributed by atoms with van der Waals surface area (Å²) in [4.78, 5) is 34.7. The van der Waals surface area contributed by atoms with E-state index >= 15 is 0 Å². The standard InChI is InChI=1S/C10H16N2O6S/c1-6(13)11-7(10(15)16)5-19(17,18)8-3-4-12(2)9(8)14/h7-8H,3-5H2,1-2H3,(H,11,13)(H,15,16). The van der Waals surface area contributed by atoms with Crippen molar-refractivity contribution in [1.82, 2.24) is 10.2 Å². The second-order valence-corrected chi connectivity index (χ2v) is 6.69. The quantitative estimate of drug-likeness (QED) is 0.618. The Bertz CT molecular complexity index is 500. The van der Waals surface area contributed by atoms with Crippen molar-refractivity contribution in [1.29, 1.82) is 0 Å². The van der Waals surface area contributed by atoms with Gasteiger partial charge in [-0.2, -0.15) is 0 Å². The lowest BCUT2D eigenvalue weighted by Gasteiger charge is -2.16. The largest absolute Gasteiger partial charge is 0.480 e. The lowest BCUT2D eigenvalue weighted by molar-refractivity contribution is -0.140. The number of rotatable bonds is 5. The summed E-state index contributed by atoms with van der Waals surface area (Å²) in [5, 5.41) is 9.70. The molecule has 2 atom stereocenters. The molecule has 19 heavy (non-hydrogen) atoms. The fourth-order valence-corrected chi connectivity index (χ4v) is 3.77. The number of nitrogens with zero attached hydrogens (tertiary/aromatic N) is 1. The first-order chi connectivity index (χ1) is 8.65. The van der Waals surface area contributed by atoms with Gasteiger partial charge in [-0.3, -0.25) is 9.59 Å². The molecule has 2 N–H and O–H groups in total. The average molecular weight is 292 g/mol. The molecule has 108 valence electrons. The number of sulfone groups is 1. The van der Waals surface area contributed by atoms with Crippen molar-refractivity contribution in [2.24, 2.45) is 0 Å². The van der Waals surface area contributed by atoms with E-state index in [0.717, 1.165) is 6.92 Å². The van der Waals surface area contributed by atoms with Gasteiger partial charge in [0.2, 0.25) is 11.8 Å². The predicted octanol–water partition coefficient (Wildman–Crippen LogP) is -1.78. The van der Waals surface area contributed by atoms with Crippen molar-refractivity contribution in [3.05, 3.63) is 0 Å². The van der Waals surface area contributed by atoms with Gasteiger partial charge in [-0.1, -0.05) is 0 Å². The van der Waals surface area contributed by atoms with Crippen LogP contribution in [0.4, 0.5) is 0 Å². The van der Waals surface area contributed by atoms with Crippen molar-refractivity contribution >= 4 is 27.6 Å². The number of hydrogen-bond donors (Lipinski definition) is 2. The van der Waals surface area contributed by atoms with Gasteiger partial charge in [-0.15, -0.1) is 0 Å². The zero-order valence-corrected chi connectivity index (χ0v) is 11.4. The van der Waals surface area contributed by atoms with E-state index in [2.05, 4.69) is 0 Å². The molecule has 1 saturated heterocycles. The van der Waals surface area contributed by atoms with E-state index in [0.29, 0.717) is 6.54 Å². The molecule has 2 amide bonds. The third kappa shape index (κ3) is 3.66. The van der Waals surface area contributed by atoms with E-state index in [9.17, 15) is 22.8 Å². The van der Waals surface area contributed by atoms with Gasteiger partial charge in [0, 0.05) is 20.5 Å². The number of amides is 2. The summed E-state index contributed by atoms with van der Waals surface area (Å²) in [7, 11) is -2.43. The normalized spacial score (nSPS) is 21.3. The summed E-state index contributed by atoms with van der Waals surface area (Å²) >= 11 is 0. The van der Waals surface area contributed by atoms with Gasteiger partial charge in [0.15, 0.2) is 9.84 Å². The SMILES string of the molecule is CC(=O)NC(CS(=O)(=O)C1CCN(C)C1=O)C(=O)O. The smallest absolute Gasteiger partial charge is 0.327 e. The van der Waals surface area contributed by atoms with Crippen LogP contribution in [-0.4, -0.2) is 66.8 Å². The molecule has 1 fully saturated rings. The number of carboxylic acids is 1. The molecule has 0 aliphatic carbocycles.